The molecule has 0 amide bonds. The van der Waals surface area contributed by atoms with E-state index < -0.39 is 0 Å². The van der Waals surface area contributed by atoms with Gasteiger partial charge in [0.25, 0.3) is 0 Å². The van der Waals surface area contributed by atoms with Gasteiger partial charge >= 0.3 is 0 Å². The maximum Gasteiger partial charge on any atom is -0.00622 e. The first-order valence-corrected chi connectivity index (χ1v) is 52.4. The predicted molar refractivity (Wildman–Crippen MR) is 413 cm³/mol. The second kappa shape index (κ2) is 37.5. The lowest BCUT2D eigenvalue weighted by molar-refractivity contribution is 0.482. The standard InChI is InChI=1S/C84H144P6/c1-13-37-67(38-14-1)85(68-39-15-2-16-40-68)61-79-80(62-86(69-41-17-3-18-42-69)70-43-19-4-20-44-70)82(64-88(73-49-25-7-26-50-73)74-51-27-8-28-52-74)84(66-90(77-57-33-11-34-58-77)78-59-35-12-36-60-78)83(65-89(75-53-29-9-30-54-75)76-55-31-10-32-56-76)81(79)63-87(71-45-21-5-22-46-71)72-47-23-6-24-48-72/h67-78H,1-66H2. The SMILES string of the molecule is C1CCC(P(Cc2c(CP(C3CCCCC3)C3CCCCC3)c(CP(C3CCCCC3)C3CCCCC3)c(CP(C3CCCCC3)C3CCCCC3)c(CP(C3CCCCC3)C3CCCCC3)c2CP(C2CCCCC2)C2CCCCC2)C2CCCCC2)CC1. The summed E-state index contributed by atoms with van der Waals surface area (Å²) in [6, 6.07) is 0. The molecule has 510 valence electrons. The van der Waals surface area contributed by atoms with Crippen molar-refractivity contribution in [2.75, 3.05) is 0 Å². The lowest BCUT2D eigenvalue weighted by atomic mass is 9.89. The Balaban J connectivity index is 1.12. The molecule has 0 saturated heterocycles. The Labute approximate surface area is 567 Å². The van der Waals surface area contributed by atoms with Gasteiger partial charge in [-0.3, -0.25) is 0 Å². The summed E-state index contributed by atoms with van der Waals surface area (Å²) in [7, 11) is -0.273. The molecule has 0 aliphatic heterocycles. The molecule has 0 radical (unpaired) electrons. The van der Waals surface area contributed by atoms with Gasteiger partial charge in [-0.15, -0.1) is 0 Å². The molecule has 0 spiro atoms. The number of hydrogen-bond acceptors (Lipinski definition) is 0. The molecule has 0 N–H and O–H groups in total. The third kappa shape index (κ3) is 18.9. The summed E-state index contributed by atoms with van der Waals surface area (Å²) in [6.45, 7) is 0. The average molecular weight is 1340 g/mol. The highest BCUT2D eigenvalue weighted by atomic mass is 31.1. The van der Waals surface area contributed by atoms with Crippen LogP contribution in [0.5, 0.6) is 0 Å². The molecule has 1 aromatic rings. The number of hydrogen-bond donors (Lipinski definition) is 0. The smallest absolute Gasteiger partial charge is 0.00622 e. The maximum atomic E-state index is 2.33. The van der Waals surface area contributed by atoms with Crippen molar-refractivity contribution < 1.29 is 0 Å². The van der Waals surface area contributed by atoms with Crippen molar-refractivity contribution in [3.8, 4) is 0 Å². The molecule has 12 aliphatic carbocycles. The minimum absolute atomic E-state index is 0.0455. The first kappa shape index (κ1) is 70.2. The molecule has 0 unspecified atom stereocenters. The van der Waals surface area contributed by atoms with Gasteiger partial charge in [-0.2, -0.15) is 0 Å². The third-order valence-electron chi connectivity index (χ3n) is 28.8. The average Bonchev–Trinajstić information content (AvgIpc) is 0.769. The molecule has 12 saturated carbocycles. The largest absolute Gasteiger partial charge is 0.0958 e. The first-order valence-electron chi connectivity index (χ1n) is 42.4. The molecular weight excluding hydrogens is 1190 g/mol. The lowest BCUT2D eigenvalue weighted by Crippen LogP contribution is -2.28. The highest BCUT2D eigenvalue weighted by molar-refractivity contribution is 7.60. The summed E-state index contributed by atoms with van der Waals surface area (Å²) < 4.78 is 0. The minimum atomic E-state index is -0.0455. The highest BCUT2D eigenvalue weighted by Gasteiger charge is 2.44. The van der Waals surface area contributed by atoms with Gasteiger partial charge in [0.2, 0.25) is 0 Å². The first-order chi connectivity index (χ1) is 44.7. The topological polar surface area (TPSA) is 0 Å². The van der Waals surface area contributed by atoms with Crippen LogP contribution in [-0.2, 0) is 37.0 Å². The van der Waals surface area contributed by atoms with Gasteiger partial charge in [0, 0.05) is 0 Å². The molecule has 12 aliphatic rings. The Bertz CT molecular complexity index is 1650. The van der Waals surface area contributed by atoms with Crippen LogP contribution in [-0.4, -0.2) is 67.9 Å². The van der Waals surface area contributed by atoms with Gasteiger partial charge in [-0.1, -0.05) is 279 Å². The van der Waals surface area contributed by atoms with E-state index in [9.17, 15) is 0 Å². The van der Waals surface area contributed by atoms with Crippen LogP contribution in [0.3, 0.4) is 0 Å². The van der Waals surface area contributed by atoms with Crippen LogP contribution in [0.15, 0.2) is 0 Å². The van der Waals surface area contributed by atoms with Crippen LogP contribution in [0.2, 0.25) is 0 Å². The summed E-state index contributed by atoms with van der Waals surface area (Å²) in [6.07, 6.45) is 105. The van der Waals surface area contributed by atoms with E-state index in [4.69, 9.17) is 0 Å². The van der Waals surface area contributed by atoms with Gasteiger partial charge in [-0.25, -0.2) is 0 Å². The second-order valence-electron chi connectivity index (χ2n) is 34.4. The third-order valence-corrected chi connectivity index (χ3v) is 50.3. The molecule has 1 aromatic carbocycles. The number of rotatable bonds is 24. The zero-order valence-corrected chi connectivity index (χ0v) is 64.6. The van der Waals surface area contributed by atoms with Crippen LogP contribution in [0, 0.1) is 0 Å². The van der Waals surface area contributed by atoms with Crippen LogP contribution in [0.4, 0.5) is 0 Å². The van der Waals surface area contributed by atoms with E-state index in [-0.39, 0.29) is 47.5 Å². The van der Waals surface area contributed by atoms with Gasteiger partial charge in [0.15, 0.2) is 0 Å². The van der Waals surface area contributed by atoms with E-state index in [1.165, 1.54) is 0 Å². The minimum Gasteiger partial charge on any atom is -0.0958 e. The fraction of sp³-hybridized carbons (Fsp3) is 0.929. The van der Waals surface area contributed by atoms with Crippen molar-refractivity contribution >= 4 is 47.5 Å². The van der Waals surface area contributed by atoms with Crippen LogP contribution in [0.25, 0.3) is 0 Å². The molecule has 13 rings (SSSR count). The molecule has 0 aromatic heterocycles. The molecule has 0 heterocycles. The predicted octanol–water partition coefficient (Wildman–Crippen LogP) is 29.6. The van der Waals surface area contributed by atoms with Crippen molar-refractivity contribution in [3.63, 3.8) is 0 Å². The quantitative estimate of drug-likeness (QED) is 0.0905. The van der Waals surface area contributed by atoms with E-state index in [1.807, 2.05) is 0 Å². The molecule has 90 heavy (non-hydrogen) atoms. The summed E-state index contributed by atoms with van der Waals surface area (Å²) in [4.78, 5) is 0. The summed E-state index contributed by atoms with van der Waals surface area (Å²) in [5.41, 5.74) is 26.7. The second-order valence-corrected chi connectivity index (χ2v) is 51.2. The van der Waals surface area contributed by atoms with Crippen molar-refractivity contribution in [2.45, 2.75) is 490 Å². The normalized spacial score (nSPS) is 27.0. The highest BCUT2D eigenvalue weighted by Crippen LogP contribution is 2.70. The fourth-order valence-corrected chi connectivity index (χ4v) is 47.1. The Morgan fingerprint density at radius 3 is 0.278 bits per heavy atom. The Morgan fingerprint density at radius 1 is 0.122 bits per heavy atom. The van der Waals surface area contributed by atoms with Crippen molar-refractivity contribution in [2.24, 2.45) is 0 Å². The maximum absolute atomic E-state index is 2.33. The van der Waals surface area contributed by atoms with E-state index in [1.54, 1.807) is 422 Å². The van der Waals surface area contributed by atoms with E-state index >= 15 is 0 Å². The molecule has 12 fully saturated rings. The monoisotopic (exact) mass is 1340 g/mol. The van der Waals surface area contributed by atoms with Gasteiger partial charge < -0.3 is 0 Å². The molecule has 0 bridgehead atoms. The van der Waals surface area contributed by atoms with Crippen molar-refractivity contribution in [1.82, 2.24) is 0 Å². The summed E-state index contributed by atoms with van der Waals surface area (Å²) in [5.74, 6) is 0. The molecule has 0 nitrogen and oxygen atoms in total. The van der Waals surface area contributed by atoms with Crippen LogP contribution in [0.1, 0.15) is 419 Å². The summed E-state index contributed by atoms with van der Waals surface area (Å²) >= 11 is 0. The van der Waals surface area contributed by atoms with Crippen molar-refractivity contribution in [3.05, 3.63) is 33.4 Å². The Kier molecular flexibility index (Phi) is 29.2. The lowest BCUT2D eigenvalue weighted by Gasteiger charge is -2.46. The zero-order chi connectivity index (χ0) is 60.5. The fourth-order valence-electron chi connectivity index (χ4n) is 23.6. The van der Waals surface area contributed by atoms with Gasteiger partial charge in [-0.05, 0) is 292 Å². The molecule has 0 atom stereocenters. The summed E-state index contributed by atoms with van der Waals surface area (Å²) in [5, 5.41) is 0. The Hall–Kier alpha value is 1.80. The molecular formula is C84H144P6. The molecule has 6 heteroatoms. The van der Waals surface area contributed by atoms with E-state index in [2.05, 4.69) is 33.4 Å². The number of benzene rings is 1. The zero-order valence-electron chi connectivity index (χ0n) is 59.3. The van der Waals surface area contributed by atoms with Crippen molar-refractivity contribution in [1.29, 1.82) is 0 Å². The Morgan fingerprint density at radius 2 is 0.200 bits per heavy atom. The van der Waals surface area contributed by atoms with Gasteiger partial charge in [0.1, 0.15) is 0 Å². The van der Waals surface area contributed by atoms with E-state index in [0.717, 1.165) is 67.9 Å². The van der Waals surface area contributed by atoms with Gasteiger partial charge in [0.05, 0.1) is 0 Å². The van der Waals surface area contributed by atoms with Crippen LogP contribution >= 0.6 is 47.5 Å². The van der Waals surface area contributed by atoms with E-state index in [0.29, 0.717) is 0 Å². The van der Waals surface area contributed by atoms with Crippen LogP contribution < -0.4 is 0 Å².